The van der Waals surface area contributed by atoms with Crippen LogP contribution in [-0.2, 0) is 9.59 Å². The number of carbonyl (C=O) groups is 2. The second kappa shape index (κ2) is 18.0. The minimum Gasteiger partial charge on any atom is -0.491 e. The van der Waals surface area contributed by atoms with E-state index < -0.39 is 12.2 Å². The lowest BCUT2D eigenvalue weighted by Crippen LogP contribution is -2.51. The first-order chi connectivity index (χ1) is 27.2. The zero-order valence-corrected chi connectivity index (χ0v) is 32.0. The molecule has 0 aliphatic carbocycles. The molecule has 4 unspecified atom stereocenters. The third-order valence-electron chi connectivity index (χ3n) is 10.5. The molecule has 4 aromatic carbocycles. The Labute approximate surface area is 328 Å². The first kappa shape index (κ1) is 38.9. The highest BCUT2D eigenvalue weighted by molar-refractivity contribution is 6.04. The zero-order chi connectivity index (χ0) is 39.0. The van der Waals surface area contributed by atoms with Crippen molar-refractivity contribution >= 4 is 23.2 Å². The highest BCUT2D eigenvalue weighted by atomic mass is 16.5. The number of aliphatic hydroxyl groups is 2. The Kier molecular flexibility index (Phi) is 12.5. The third kappa shape index (κ3) is 9.69. The van der Waals surface area contributed by atoms with Gasteiger partial charge < -0.3 is 19.7 Å². The van der Waals surface area contributed by atoms with Crippen LogP contribution in [0.4, 0.5) is 0 Å². The predicted molar refractivity (Wildman–Crippen MR) is 214 cm³/mol. The van der Waals surface area contributed by atoms with Crippen molar-refractivity contribution in [2.75, 3.05) is 52.5 Å². The fourth-order valence-corrected chi connectivity index (χ4v) is 7.55. The highest BCUT2D eigenvalue weighted by Gasteiger charge is 2.32. The number of nitrogens with zero attached hydrogens (tertiary/aromatic N) is 6. The molecule has 4 atom stereocenters. The Hall–Kier alpha value is -5.40. The van der Waals surface area contributed by atoms with E-state index in [1.807, 2.05) is 109 Å². The molecule has 3 aliphatic heterocycles. The predicted octanol–water partition coefficient (Wildman–Crippen LogP) is 4.88. The highest BCUT2D eigenvalue weighted by Crippen LogP contribution is 2.34. The van der Waals surface area contributed by atoms with Gasteiger partial charge in [0.25, 0.3) is 0 Å². The van der Waals surface area contributed by atoms with Gasteiger partial charge in [-0.15, -0.1) is 0 Å². The van der Waals surface area contributed by atoms with Gasteiger partial charge in [0, 0.05) is 66.0 Å². The quantitative estimate of drug-likeness (QED) is 0.186. The van der Waals surface area contributed by atoms with Crippen molar-refractivity contribution in [3.8, 4) is 11.5 Å². The molecule has 0 saturated carbocycles. The number of piperazine rings is 1. The molecule has 0 spiro atoms. The maximum absolute atomic E-state index is 12.3. The Morgan fingerprint density at radius 3 is 1.29 bits per heavy atom. The molecule has 2 N–H and O–H groups in total. The lowest BCUT2D eigenvalue weighted by Gasteiger charge is -2.36. The summed E-state index contributed by atoms with van der Waals surface area (Å²) in [5, 5.41) is 33.9. The van der Waals surface area contributed by atoms with E-state index >= 15 is 0 Å². The van der Waals surface area contributed by atoms with Crippen molar-refractivity contribution in [1.29, 1.82) is 0 Å². The summed E-state index contributed by atoms with van der Waals surface area (Å²) in [5.41, 5.74) is 5.67. The second-order valence-corrected chi connectivity index (χ2v) is 14.7. The van der Waals surface area contributed by atoms with Crippen molar-refractivity contribution < 1.29 is 29.3 Å². The normalized spacial score (nSPS) is 20.0. The summed E-state index contributed by atoms with van der Waals surface area (Å²) in [5.74, 6) is 1.13. The van der Waals surface area contributed by atoms with Gasteiger partial charge in [-0.3, -0.25) is 19.4 Å². The van der Waals surface area contributed by atoms with Gasteiger partial charge in [0.1, 0.15) is 36.9 Å². The third-order valence-corrected chi connectivity index (χ3v) is 10.5. The van der Waals surface area contributed by atoms with Crippen molar-refractivity contribution in [3.63, 3.8) is 0 Å². The van der Waals surface area contributed by atoms with E-state index in [9.17, 15) is 19.8 Å². The molecule has 292 valence electrons. The Bertz CT molecular complexity index is 1840. The number of ether oxygens (including phenoxy) is 2. The summed E-state index contributed by atoms with van der Waals surface area (Å²) >= 11 is 0. The summed E-state index contributed by atoms with van der Waals surface area (Å²) in [7, 11) is 0. The zero-order valence-electron chi connectivity index (χ0n) is 32.0. The van der Waals surface area contributed by atoms with Gasteiger partial charge in [0.15, 0.2) is 0 Å². The lowest BCUT2D eigenvalue weighted by atomic mass is 9.98. The molecule has 56 heavy (non-hydrogen) atoms. The molecule has 0 radical (unpaired) electrons. The van der Waals surface area contributed by atoms with Gasteiger partial charge >= 0.3 is 0 Å². The van der Waals surface area contributed by atoms with Crippen LogP contribution in [0, 0.1) is 0 Å². The summed E-state index contributed by atoms with van der Waals surface area (Å²) in [4.78, 5) is 29.1. The van der Waals surface area contributed by atoms with E-state index in [0.717, 1.165) is 59.9 Å². The first-order valence-corrected chi connectivity index (χ1v) is 19.3. The maximum atomic E-state index is 12.3. The largest absolute Gasteiger partial charge is 0.491 e. The monoisotopic (exact) mass is 758 g/mol. The Morgan fingerprint density at radius 2 is 0.946 bits per heavy atom. The summed E-state index contributed by atoms with van der Waals surface area (Å²) in [6.45, 7) is 7.53. The second-order valence-electron chi connectivity index (χ2n) is 14.7. The fourth-order valence-electron chi connectivity index (χ4n) is 7.55. The number of amides is 2. The van der Waals surface area contributed by atoms with Crippen molar-refractivity contribution in [3.05, 3.63) is 131 Å². The smallest absolute Gasteiger partial charge is 0.240 e. The van der Waals surface area contributed by atoms with Crippen molar-refractivity contribution in [2.24, 2.45) is 10.2 Å². The average molecular weight is 759 g/mol. The van der Waals surface area contributed by atoms with E-state index in [1.165, 1.54) is 13.8 Å². The summed E-state index contributed by atoms with van der Waals surface area (Å²) < 4.78 is 11.8. The Morgan fingerprint density at radius 1 is 0.589 bits per heavy atom. The van der Waals surface area contributed by atoms with Gasteiger partial charge in [-0.25, -0.2) is 10.0 Å². The van der Waals surface area contributed by atoms with Crippen molar-refractivity contribution in [1.82, 2.24) is 19.8 Å². The molecule has 3 heterocycles. The van der Waals surface area contributed by atoms with Crippen LogP contribution in [0.5, 0.6) is 11.5 Å². The number of hydrogen-bond donors (Lipinski definition) is 2. The molecule has 12 heteroatoms. The lowest BCUT2D eigenvalue weighted by molar-refractivity contribution is -0.131. The molecule has 7 rings (SSSR count). The summed E-state index contributed by atoms with van der Waals surface area (Å²) in [6.07, 6.45) is -0.0358. The standard InChI is InChI=1S/C44H50N6O6/c1-31(51)49-43(35-9-5-3-6-10-35)25-41(45-49)33-13-17-39(18-14-33)55-29-37(53)27-47-21-23-48(24-22-47)28-38(54)30-56-40-19-15-34(16-20-40)42-26-44(50(46-42)32(2)52)36-11-7-4-8-12-36/h3-20,37-38,43-44,53-54H,21-30H2,1-2H3. The van der Waals surface area contributed by atoms with Crippen LogP contribution in [0.1, 0.15) is 61.0 Å². The van der Waals surface area contributed by atoms with Gasteiger partial charge in [0.05, 0.1) is 23.5 Å². The molecule has 1 fully saturated rings. The molecular weight excluding hydrogens is 709 g/mol. The van der Waals surface area contributed by atoms with Crippen LogP contribution >= 0.6 is 0 Å². The molecule has 3 aliphatic rings. The minimum absolute atomic E-state index is 0.0929. The van der Waals surface area contributed by atoms with Crippen LogP contribution in [0.25, 0.3) is 0 Å². The molecule has 0 aromatic heterocycles. The van der Waals surface area contributed by atoms with Gasteiger partial charge in [-0.1, -0.05) is 60.7 Å². The van der Waals surface area contributed by atoms with Crippen molar-refractivity contribution in [2.45, 2.75) is 51.0 Å². The average Bonchev–Trinajstić information content (AvgIpc) is 3.88. The van der Waals surface area contributed by atoms with E-state index in [1.54, 1.807) is 10.0 Å². The van der Waals surface area contributed by atoms with Gasteiger partial charge in [-0.05, 0) is 70.8 Å². The van der Waals surface area contributed by atoms with Crippen LogP contribution in [0.15, 0.2) is 119 Å². The summed E-state index contributed by atoms with van der Waals surface area (Å²) in [6, 6.07) is 34.9. The fraction of sp³-hybridized carbons (Fsp3) is 0.364. The number of carbonyl (C=O) groups excluding carboxylic acids is 2. The van der Waals surface area contributed by atoms with Gasteiger partial charge in [-0.2, -0.15) is 10.2 Å². The number of hydrogen-bond acceptors (Lipinski definition) is 10. The van der Waals surface area contributed by atoms with Crippen LogP contribution in [0.2, 0.25) is 0 Å². The number of benzene rings is 4. The van der Waals surface area contributed by atoms with Crippen LogP contribution < -0.4 is 9.47 Å². The number of aliphatic hydroxyl groups excluding tert-OH is 2. The SMILES string of the molecule is CC(=O)N1N=C(c2ccc(OCC(O)CN3CCN(CC(O)COc4ccc(C5=NN(C(C)=O)C(c6ccccc6)C5)cc4)CC3)cc2)CC1c1ccccc1. The van der Waals surface area contributed by atoms with E-state index in [-0.39, 0.29) is 37.1 Å². The molecule has 2 amide bonds. The van der Waals surface area contributed by atoms with Gasteiger partial charge in [0.2, 0.25) is 11.8 Å². The maximum Gasteiger partial charge on any atom is 0.240 e. The van der Waals surface area contributed by atoms with E-state index in [4.69, 9.17) is 9.47 Å². The minimum atomic E-state index is -0.652. The first-order valence-electron chi connectivity index (χ1n) is 19.3. The number of β-amino-alcohol motifs (C(OH)–C–C–N with tert-alkyl or cyclic N) is 2. The molecular formula is C44H50N6O6. The Balaban J connectivity index is 0.799. The molecule has 12 nitrogen and oxygen atoms in total. The van der Waals surface area contributed by atoms with E-state index in [0.29, 0.717) is 37.4 Å². The molecule has 1 saturated heterocycles. The van der Waals surface area contributed by atoms with E-state index in [2.05, 4.69) is 20.0 Å². The topological polar surface area (TPSA) is 131 Å². The van der Waals surface area contributed by atoms with Crippen LogP contribution in [0.3, 0.4) is 0 Å². The van der Waals surface area contributed by atoms with Crippen LogP contribution in [-0.4, -0.2) is 118 Å². The number of rotatable bonds is 14. The molecule has 0 bridgehead atoms. The molecule has 4 aromatic rings. The number of hydrazone groups is 2.